The molecule has 3 rings (SSSR count). The number of hydrogen-bond acceptors (Lipinski definition) is 3. The maximum absolute atomic E-state index is 12.3. The van der Waals surface area contributed by atoms with E-state index < -0.39 is 0 Å². The third-order valence-corrected chi connectivity index (χ3v) is 4.42. The van der Waals surface area contributed by atoms with Crippen LogP contribution in [0.4, 0.5) is 0 Å². The Morgan fingerprint density at radius 3 is 3.11 bits per heavy atom. The van der Waals surface area contributed by atoms with E-state index in [0.717, 1.165) is 22.7 Å². The predicted octanol–water partition coefficient (Wildman–Crippen LogP) is 2.33. The molecule has 3 heterocycles. The lowest BCUT2D eigenvalue weighted by Crippen LogP contribution is -2.36. The summed E-state index contributed by atoms with van der Waals surface area (Å²) in [4.78, 5) is 19.2. The zero-order valence-electron chi connectivity index (χ0n) is 9.89. The van der Waals surface area contributed by atoms with Crippen LogP contribution in [0.2, 0.25) is 5.28 Å². The average molecular weight is 282 g/mol. The number of carbonyl (C=O) groups is 1. The quantitative estimate of drug-likeness (QED) is 0.805. The van der Waals surface area contributed by atoms with E-state index in [1.165, 1.54) is 11.3 Å². The van der Waals surface area contributed by atoms with Gasteiger partial charge in [0.15, 0.2) is 0 Å². The van der Waals surface area contributed by atoms with Crippen molar-refractivity contribution in [3.8, 4) is 0 Å². The van der Waals surface area contributed by atoms with Crippen molar-refractivity contribution < 1.29 is 4.79 Å². The minimum Gasteiger partial charge on any atom is -0.332 e. The monoisotopic (exact) mass is 281 g/mol. The highest BCUT2D eigenvalue weighted by molar-refractivity contribution is 7.12. The number of imidazole rings is 1. The maximum atomic E-state index is 12.3. The van der Waals surface area contributed by atoms with Crippen LogP contribution in [0.3, 0.4) is 0 Å². The Morgan fingerprint density at radius 1 is 1.56 bits per heavy atom. The van der Waals surface area contributed by atoms with Crippen LogP contribution in [-0.4, -0.2) is 26.9 Å². The molecule has 0 aromatic carbocycles. The Bertz CT molecular complexity index is 591. The molecule has 18 heavy (non-hydrogen) atoms. The topological polar surface area (TPSA) is 38.1 Å². The molecule has 0 spiro atoms. The SMILES string of the molecule is Cn1c(Cl)nc2c1CN(C(=O)c1cccs1)CC2. The van der Waals surface area contributed by atoms with E-state index >= 15 is 0 Å². The van der Waals surface area contributed by atoms with Crippen LogP contribution in [0.5, 0.6) is 0 Å². The summed E-state index contributed by atoms with van der Waals surface area (Å²) >= 11 is 7.47. The zero-order valence-corrected chi connectivity index (χ0v) is 11.5. The van der Waals surface area contributed by atoms with Gasteiger partial charge >= 0.3 is 0 Å². The Kier molecular flexibility index (Phi) is 2.87. The van der Waals surface area contributed by atoms with E-state index in [1.54, 1.807) is 0 Å². The van der Waals surface area contributed by atoms with E-state index in [2.05, 4.69) is 4.98 Å². The van der Waals surface area contributed by atoms with Crippen LogP contribution >= 0.6 is 22.9 Å². The standard InChI is InChI=1S/C12H12ClN3OS/c1-15-9-7-16(5-4-8(9)14-12(15)13)11(17)10-3-2-6-18-10/h2-3,6H,4-5,7H2,1H3. The fraction of sp³-hybridized carbons (Fsp3) is 0.333. The molecule has 2 aromatic heterocycles. The summed E-state index contributed by atoms with van der Waals surface area (Å²) in [6, 6.07) is 3.76. The van der Waals surface area contributed by atoms with Crippen molar-refractivity contribution in [1.82, 2.24) is 14.5 Å². The Morgan fingerprint density at radius 2 is 2.39 bits per heavy atom. The smallest absolute Gasteiger partial charge is 0.264 e. The van der Waals surface area contributed by atoms with E-state index in [-0.39, 0.29) is 5.91 Å². The van der Waals surface area contributed by atoms with Gasteiger partial charge in [-0.05, 0) is 23.0 Å². The van der Waals surface area contributed by atoms with Crippen LogP contribution in [0, 0.1) is 0 Å². The van der Waals surface area contributed by atoms with E-state index in [0.29, 0.717) is 18.4 Å². The molecular formula is C12H12ClN3OS. The molecule has 0 atom stereocenters. The molecule has 0 unspecified atom stereocenters. The highest BCUT2D eigenvalue weighted by Crippen LogP contribution is 2.23. The van der Waals surface area contributed by atoms with Gasteiger partial charge < -0.3 is 9.47 Å². The van der Waals surface area contributed by atoms with Gasteiger partial charge in [0, 0.05) is 20.0 Å². The fourth-order valence-corrected chi connectivity index (χ4v) is 3.08. The van der Waals surface area contributed by atoms with Gasteiger partial charge in [-0.2, -0.15) is 0 Å². The normalized spacial score (nSPS) is 14.7. The Labute approximate surface area is 114 Å². The van der Waals surface area contributed by atoms with Gasteiger partial charge in [0.2, 0.25) is 5.28 Å². The summed E-state index contributed by atoms with van der Waals surface area (Å²) in [5.41, 5.74) is 2.05. The summed E-state index contributed by atoms with van der Waals surface area (Å²) in [6.45, 7) is 1.29. The van der Waals surface area contributed by atoms with E-state index in [1.807, 2.05) is 34.0 Å². The van der Waals surface area contributed by atoms with Gasteiger partial charge in [-0.3, -0.25) is 4.79 Å². The lowest BCUT2D eigenvalue weighted by atomic mass is 10.1. The molecule has 94 valence electrons. The van der Waals surface area contributed by atoms with Gasteiger partial charge in [0.05, 0.1) is 22.8 Å². The number of nitrogens with zero attached hydrogens (tertiary/aromatic N) is 3. The summed E-state index contributed by atoms with van der Waals surface area (Å²) in [5.74, 6) is 0.0907. The van der Waals surface area contributed by atoms with Gasteiger partial charge in [-0.25, -0.2) is 4.98 Å². The second kappa shape index (κ2) is 4.40. The second-order valence-electron chi connectivity index (χ2n) is 4.29. The van der Waals surface area contributed by atoms with Gasteiger partial charge in [-0.1, -0.05) is 6.07 Å². The number of carbonyl (C=O) groups excluding carboxylic acids is 1. The first-order valence-corrected chi connectivity index (χ1v) is 6.95. The summed E-state index contributed by atoms with van der Waals surface area (Å²) in [7, 11) is 1.88. The maximum Gasteiger partial charge on any atom is 0.264 e. The van der Waals surface area contributed by atoms with Gasteiger partial charge in [0.1, 0.15) is 0 Å². The molecule has 0 saturated heterocycles. The average Bonchev–Trinajstić information content (AvgIpc) is 2.99. The van der Waals surface area contributed by atoms with Crippen molar-refractivity contribution in [2.45, 2.75) is 13.0 Å². The molecule has 1 aliphatic heterocycles. The first-order valence-electron chi connectivity index (χ1n) is 5.69. The molecule has 2 aromatic rings. The van der Waals surface area contributed by atoms with E-state index in [4.69, 9.17) is 11.6 Å². The Balaban J connectivity index is 1.87. The highest BCUT2D eigenvalue weighted by atomic mass is 35.5. The van der Waals surface area contributed by atoms with Crippen molar-refractivity contribution >= 4 is 28.8 Å². The van der Waals surface area contributed by atoms with Crippen molar-refractivity contribution in [3.05, 3.63) is 39.1 Å². The zero-order chi connectivity index (χ0) is 12.7. The largest absolute Gasteiger partial charge is 0.332 e. The molecule has 6 heteroatoms. The lowest BCUT2D eigenvalue weighted by molar-refractivity contribution is 0.0735. The van der Waals surface area contributed by atoms with Crippen molar-refractivity contribution in [1.29, 1.82) is 0 Å². The molecule has 0 radical (unpaired) electrons. The van der Waals surface area contributed by atoms with Gasteiger partial charge in [0.25, 0.3) is 5.91 Å². The number of fused-ring (bicyclic) bond motifs is 1. The number of thiophene rings is 1. The first kappa shape index (κ1) is 11.7. The Hall–Kier alpha value is -1.33. The number of aromatic nitrogens is 2. The highest BCUT2D eigenvalue weighted by Gasteiger charge is 2.26. The molecule has 0 saturated carbocycles. The summed E-state index contributed by atoms with van der Waals surface area (Å²) < 4.78 is 1.85. The van der Waals surface area contributed by atoms with Crippen LogP contribution < -0.4 is 0 Å². The number of amides is 1. The van der Waals surface area contributed by atoms with Crippen LogP contribution in [0.15, 0.2) is 17.5 Å². The number of hydrogen-bond donors (Lipinski definition) is 0. The molecule has 0 N–H and O–H groups in total. The second-order valence-corrected chi connectivity index (χ2v) is 5.57. The van der Waals surface area contributed by atoms with Crippen molar-refractivity contribution in [2.75, 3.05) is 6.54 Å². The van der Waals surface area contributed by atoms with Crippen LogP contribution in [0.1, 0.15) is 21.1 Å². The summed E-state index contributed by atoms with van der Waals surface area (Å²) in [5, 5.41) is 2.41. The summed E-state index contributed by atoms with van der Waals surface area (Å²) in [6.07, 6.45) is 0.771. The molecule has 0 aliphatic carbocycles. The third kappa shape index (κ3) is 1.83. The van der Waals surface area contributed by atoms with Crippen molar-refractivity contribution in [2.24, 2.45) is 7.05 Å². The first-order chi connectivity index (χ1) is 8.66. The predicted molar refractivity (Wildman–Crippen MR) is 71.0 cm³/mol. The van der Waals surface area contributed by atoms with E-state index in [9.17, 15) is 4.79 Å². The molecular weight excluding hydrogens is 270 g/mol. The molecule has 4 nitrogen and oxygen atoms in total. The van der Waals surface area contributed by atoms with Crippen LogP contribution in [-0.2, 0) is 20.0 Å². The molecule has 0 fully saturated rings. The number of halogens is 1. The minimum absolute atomic E-state index is 0.0907. The lowest BCUT2D eigenvalue weighted by Gasteiger charge is -2.26. The fourth-order valence-electron chi connectivity index (χ4n) is 2.18. The number of rotatable bonds is 1. The molecule has 0 bridgehead atoms. The third-order valence-electron chi connectivity index (χ3n) is 3.22. The van der Waals surface area contributed by atoms with Crippen molar-refractivity contribution in [3.63, 3.8) is 0 Å². The van der Waals surface area contributed by atoms with Gasteiger partial charge in [-0.15, -0.1) is 11.3 Å². The van der Waals surface area contributed by atoms with Crippen LogP contribution in [0.25, 0.3) is 0 Å². The molecule has 1 aliphatic rings. The minimum atomic E-state index is 0.0907. The molecule has 1 amide bonds.